The van der Waals surface area contributed by atoms with Crippen LogP contribution in [0.1, 0.15) is 79.1 Å². The number of ether oxygens (including phenoxy) is 1. The molecule has 1 aliphatic carbocycles. The predicted octanol–water partition coefficient (Wildman–Crippen LogP) is 5.72. The number of likely N-dealkylation sites (tertiary alicyclic amines) is 1. The van der Waals surface area contributed by atoms with E-state index in [0.717, 1.165) is 51.8 Å². The molecule has 27 heavy (non-hydrogen) atoms. The molecule has 1 amide bonds. The standard InChI is InChI=1S/C21H32N2O2.2CH4/c24-21(19-8-4-2-1-3-5-9-19)23-15-11-18(12-16-23)13-17-25-20-10-6-7-14-22-20;;/h6-7,10,14,18-19H,1-5,8-9,11-13,15-17H2;2*1H4. The molecule has 1 saturated carbocycles. The van der Waals surface area contributed by atoms with Gasteiger partial charge in [0.05, 0.1) is 6.61 Å². The lowest BCUT2D eigenvalue weighted by Gasteiger charge is -2.34. The fraction of sp³-hybridized carbons (Fsp3) is 0.739. The molecule has 0 unspecified atom stereocenters. The van der Waals surface area contributed by atoms with Gasteiger partial charge in [-0.3, -0.25) is 4.79 Å². The van der Waals surface area contributed by atoms with Crippen molar-refractivity contribution in [1.29, 1.82) is 0 Å². The first-order chi connectivity index (χ1) is 12.3. The Morgan fingerprint density at radius 2 is 1.67 bits per heavy atom. The normalized spacial score (nSPS) is 19.2. The highest BCUT2D eigenvalue weighted by molar-refractivity contribution is 5.78. The Balaban J connectivity index is 0.00000182. The summed E-state index contributed by atoms with van der Waals surface area (Å²) in [5.41, 5.74) is 0. The largest absolute Gasteiger partial charge is 0.478 e. The Labute approximate surface area is 166 Å². The number of amides is 1. The lowest BCUT2D eigenvalue weighted by Crippen LogP contribution is -2.42. The van der Waals surface area contributed by atoms with Gasteiger partial charge >= 0.3 is 0 Å². The predicted molar refractivity (Wildman–Crippen MR) is 113 cm³/mol. The molecule has 2 aliphatic rings. The molecular weight excluding hydrogens is 336 g/mol. The summed E-state index contributed by atoms with van der Waals surface area (Å²) in [6.07, 6.45) is 13.7. The maximum atomic E-state index is 12.8. The molecule has 0 spiro atoms. The summed E-state index contributed by atoms with van der Waals surface area (Å²) in [5.74, 6) is 2.11. The molecule has 0 radical (unpaired) electrons. The molecule has 0 N–H and O–H groups in total. The first kappa shape index (κ1) is 23.5. The van der Waals surface area contributed by atoms with E-state index in [1.807, 2.05) is 18.2 Å². The molecule has 0 bridgehead atoms. The van der Waals surface area contributed by atoms with Crippen LogP contribution in [0.3, 0.4) is 0 Å². The maximum Gasteiger partial charge on any atom is 0.225 e. The van der Waals surface area contributed by atoms with Gasteiger partial charge in [-0.05, 0) is 44.1 Å². The minimum Gasteiger partial charge on any atom is -0.478 e. The minimum absolute atomic E-state index is 0. The quantitative estimate of drug-likeness (QED) is 0.660. The van der Waals surface area contributed by atoms with Crippen LogP contribution in [0.5, 0.6) is 5.88 Å². The Hall–Kier alpha value is -1.58. The van der Waals surface area contributed by atoms with Crippen molar-refractivity contribution in [1.82, 2.24) is 9.88 Å². The molecule has 0 atom stereocenters. The van der Waals surface area contributed by atoms with Crippen molar-refractivity contribution in [2.75, 3.05) is 19.7 Å². The van der Waals surface area contributed by atoms with Crippen molar-refractivity contribution in [2.45, 2.75) is 79.1 Å². The zero-order chi connectivity index (χ0) is 17.3. The van der Waals surface area contributed by atoms with E-state index in [4.69, 9.17) is 4.74 Å². The Bertz CT molecular complexity index is 504. The van der Waals surface area contributed by atoms with E-state index in [2.05, 4.69) is 9.88 Å². The van der Waals surface area contributed by atoms with Crippen molar-refractivity contribution >= 4 is 5.91 Å². The number of aromatic nitrogens is 1. The molecule has 3 rings (SSSR count). The molecule has 0 aromatic carbocycles. The van der Waals surface area contributed by atoms with Gasteiger partial charge in [-0.25, -0.2) is 4.98 Å². The van der Waals surface area contributed by atoms with Gasteiger partial charge in [-0.2, -0.15) is 0 Å². The second-order valence-corrected chi connectivity index (χ2v) is 7.62. The number of nitrogens with zero attached hydrogens (tertiary/aromatic N) is 2. The van der Waals surface area contributed by atoms with Gasteiger partial charge in [0.15, 0.2) is 0 Å². The highest BCUT2D eigenvalue weighted by atomic mass is 16.5. The van der Waals surface area contributed by atoms with Gasteiger partial charge in [-0.1, -0.05) is 53.0 Å². The number of carbonyl (C=O) groups is 1. The van der Waals surface area contributed by atoms with Crippen LogP contribution < -0.4 is 4.74 Å². The monoisotopic (exact) mass is 376 g/mol. The van der Waals surface area contributed by atoms with E-state index >= 15 is 0 Å². The Kier molecular flexibility index (Phi) is 11.1. The van der Waals surface area contributed by atoms with Gasteiger partial charge in [-0.15, -0.1) is 0 Å². The number of hydrogen-bond donors (Lipinski definition) is 0. The fourth-order valence-corrected chi connectivity index (χ4v) is 4.17. The van der Waals surface area contributed by atoms with Crippen LogP contribution in [-0.2, 0) is 4.79 Å². The Morgan fingerprint density at radius 3 is 2.30 bits per heavy atom. The molecule has 154 valence electrons. The third-order valence-electron chi connectivity index (χ3n) is 5.79. The number of piperidine rings is 1. The first-order valence-corrected chi connectivity index (χ1v) is 10.2. The molecule has 1 aromatic heterocycles. The maximum absolute atomic E-state index is 12.8. The number of pyridine rings is 1. The average Bonchev–Trinajstić information content (AvgIpc) is 2.62. The van der Waals surface area contributed by atoms with Crippen LogP contribution in [0.4, 0.5) is 0 Å². The average molecular weight is 377 g/mol. The molecule has 2 fully saturated rings. The van der Waals surface area contributed by atoms with E-state index in [1.165, 1.54) is 32.1 Å². The highest BCUT2D eigenvalue weighted by Gasteiger charge is 2.28. The van der Waals surface area contributed by atoms with Crippen molar-refractivity contribution in [3.05, 3.63) is 24.4 Å². The lowest BCUT2D eigenvalue weighted by atomic mass is 9.88. The zero-order valence-electron chi connectivity index (χ0n) is 15.4. The van der Waals surface area contributed by atoms with Crippen LogP contribution in [0.15, 0.2) is 24.4 Å². The summed E-state index contributed by atoms with van der Waals surface area (Å²) in [7, 11) is 0. The number of rotatable bonds is 5. The van der Waals surface area contributed by atoms with Gasteiger partial charge in [0.25, 0.3) is 0 Å². The summed E-state index contributed by atoms with van der Waals surface area (Å²) < 4.78 is 5.71. The van der Waals surface area contributed by atoms with Crippen molar-refractivity contribution in [3.63, 3.8) is 0 Å². The molecule has 1 saturated heterocycles. The summed E-state index contributed by atoms with van der Waals surface area (Å²) in [4.78, 5) is 19.1. The van der Waals surface area contributed by atoms with Crippen LogP contribution in [-0.4, -0.2) is 35.5 Å². The summed E-state index contributed by atoms with van der Waals surface area (Å²) in [6, 6.07) is 5.74. The second kappa shape index (κ2) is 12.7. The van der Waals surface area contributed by atoms with E-state index in [9.17, 15) is 4.79 Å². The van der Waals surface area contributed by atoms with Crippen LogP contribution in [0, 0.1) is 11.8 Å². The third-order valence-corrected chi connectivity index (χ3v) is 5.79. The summed E-state index contributed by atoms with van der Waals surface area (Å²) in [6.45, 7) is 2.59. The number of carbonyl (C=O) groups excluding carboxylic acids is 1. The van der Waals surface area contributed by atoms with Crippen molar-refractivity contribution < 1.29 is 9.53 Å². The molecule has 2 heterocycles. The van der Waals surface area contributed by atoms with E-state index in [1.54, 1.807) is 6.20 Å². The number of hydrogen-bond acceptors (Lipinski definition) is 3. The van der Waals surface area contributed by atoms with Gasteiger partial charge < -0.3 is 9.64 Å². The third kappa shape index (κ3) is 7.51. The second-order valence-electron chi connectivity index (χ2n) is 7.62. The molecule has 4 nitrogen and oxygen atoms in total. The summed E-state index contributed by atoms with van der Waals surface area (Å²) >= 11 is 0. The van der Waals surface area contributed by atoms with E-state index in [0.29, 0.717) is 23.6 Å². The highest BCUT2D eigenvalue weighted by Crippen LogP contribution is 2.27. The zero-order valence-corrected chi connectivity index (χ0v) is 15.4. The van der Waals surface area contributed by atoms with E-state index in [-0.39, 0.29) is 14.9 Å². The fourth-order valence-electron chi connectivity index (χ4n) is 4.17. The minimum atomic E-state index is 0. The molecular formula is C23H40N2O2. The lowest BCUT2D eigenvalue weighted by molar-refractivity contribution is -0.137. The van der Waals surface area contributed by atoms with Gasteiger partial charge in [0.1, 0.15) is 0 Å². The van der Waals surface area contributed by atoms with E-state index < -0.39 is 0 Å². The van der Waals surface area contributed by atoms with Crippen LogP contribution in [0.25, 0.3) is 0 Å². The van der Waals surface area contributed by atoms with Crippen molar-refractivity contribution in [2.24, 2.45) is 11.8 Å². The smallest absolute Gasteiger partial charge is 0.225 e. The van der Waals surface area contributed by atoms with Crippen LogP contribution in [0.2, 0.25) is 0 Å². The van der Waals surface area contributed by atoms with Gasteiger partial charge in [0, 0.05) is 31.3 Å². The topological polar surface area (TPSA) is 42.4 Å². The Morgan fingerprint density at radius 1 is 1.00 bits per heavy atom. The van der Waals surface area contributed by atoms with Gasteiger partial charge in [0.2, 0.25) is 11.8 Å². The SMILES string of the molecule is C.C.O=C(C1CCCCCCC1)N1CCC(CCOc2ccccn2)CC1. The summed E-state index contributed by atoms with van der Waals surface area (Å²) in [5, 5.41) is 0. The molecule has 1 aromatic rings. The van der Waals surface area contributed by atoms with Crippen LogP contribution >= 0.6 is 0 Å². The van der Waals surface area contributed by atoms with Crippen molar-refractivity contribution in [3.8, 4) is 5.88 Å². The molecule has 4 heteroatoms. The first-order valence-electron chi connectivity index (χ1n) is 10.2. The molecule has 1 aliphatic heterocycles.